The molecule has 1 aromatic heterocycles. The number of aromatic nitrogens is 1. The molecule has 12 heteroatoms. The highest BCUT2D eigenvalue weighted by molar-refractivity contribution is 7.89. The van der Waals surface area contributed by atoms with E-state index >= 15 is 0 Å². The average molecular weight is 597 g/mol. The normalized spacial score (nSPS) is 15.6. The minimum Gasteiger partial charge on any atom is -0.494 e. The third-order valence-electron chi connectivity index (χ3n) is 6.90. The highest BCUT2D eigenvalue weighted by atomic mass is 35.5. The number of ether oxygens (including phenoxy) is 2. The van der Waals surface area contributed by atoms with Crippen molar-refractivity contribution < 1.29 is 22.7 Å². The predicted octanol–water partition coefficient (Wildman–Crippen LogP) is 4.51. The van der Waals surface area contributed by atoms with E-state index in [4.69, 9.17) is 14.5 Å². The number of sulfonamides is 1. The fourth-order valence-electron chi connectivity index (χ4n) is 4.54. The van der Waals surface area contributed by atoms with E-state index in [2.05, 4.69) is 18.7 Å². The summed E-state index contributed by atoms with van der Waals surface area (Å²) >= 11 is 1.43. The first-order valence-corrected chi connectivity index (χ1v) is 15.2. The number of halogens is 1. The molecule has 2 heterocycles. The van der Waals surface area contributed by atoms with Crippen LogP contribution in [-0.2, 0) is 14.8 Å². The van der Waals surface area contributed by atoms with Crippen LogP contribution in [0.15, 0.2) is 47.4 Å². The van der Waals surface area contributed by atoms with Crippen LogP contribution in [-0.4, -0.2) is 88.1 Å². The van der Waals surface area contributed by atoms with Crippen LogP contribution in [0.3, 0.4) is 0 Å². The summed E-state index contributed by atoms with van der Waals surface area (Å²) in [5, 5.41) is 0.578. The summed E-state index contributed by atoms with van der Waals surface area (Å²) in [4.78, 5) is 22.6. The second kappa shape index (κ2) is 13.9. The maximum absolute atomic E-state index is 13.8. The Balaban J connectivity index is 0.00000420. The van der Waals surface area contributed by atoms with E-state index < -0.39 is 10.0 Å². The molecule has 0 radical (unpaired) electrons. The van der Waals surface area contributed by atoms with Crippen molar-refractivity contribution >= 4 is 55.0 Å². The van der Waals surface area contributed by atoms with Gasteiger partial charge < -0.3 is 14.4 Å². The molecule has 1 amide bonds. The molecule has 4 rings (SSSR count). The van der Waals surface area contributed by atoms with Crippen molar-refractivity contribution in [2.24, 2.45) is 0 Å². The molecule has 9 nitrogen and oxygen atoms in total. The zero-order chi connectivity index (χ0) is 27.3. The van der Waals surface area contributed by atoms with Gasteiger partial charge in [-0.2, -0.15) is 4.31 Å². The zero-order valence-corrected chi connectivity index (χ0v) is 25.3. The van der Waals surface area contributed by atoms with Crippen molar-refractivity contribution in [2.75, 3.05) is 58.4 Å². The number of thiazole rings is 1. The largest absolute Gasteiger partial charge is 0.494 e. The minimum absolute atomic E-state index is 0. The lowest BCUT2D eigenvalue weighted by Crippen LogP contribution is -2.39. The fraction of sp³-hybridized carbons (Fsp3) is 0.481. The summed E-state index contributed by atoms with van der Waals surface area (Å²) in [5.41, 5.74) is 1.11. The molecule has 1 aliphatic rings. The molecule has 0 aliphatic carbocycles. The van der Waals surface area contributed by atoms with Gasteiger partial charge in [0.15, 0.2) is 5.13 Å². The number of para-hydroxylation sites is 1. The molecule has 0 bridgehead atoms. The lowest BCUT2D eigenvalue weighted by molar-refractivity contribution is 0.0978. The number of methoxy groups -OCH3 is 1. The van der Waals surface area contributed by atoms with Crippen LogP contribution in [0, 0.1) is 0 Å². The number of carbonyl (C=O) groups excluding carboxylic acids is 1. The summed E-state index contributed by atoms with van der Waals surface area (Å²) in [6.07, 6.45) is 1.72. The molecule has 2 aromatic carbocycles. The Kier molecular flexibility index (Phi) is 11.1. The van der Waals surface area contributed by atoms with Crippen molar-refractivity contribution in [1.82, 2.24) is 14.2 Å². The van der Waals surface area contributed by atoms with Crippen molar-refractivity contribution in [3.05, 3.63) is 48.0 Å². The fourth-order valence-corrected chi connectivity index (χ4v) is 6.75. The number of amides is 1. The Morgan fingerprint density at radius 3 is 2.46 bits per heavy atom. The molecule has 1 unspecified atom stereocenters. The van der Waals surface area contributed by atoms with E-state index in [1.54, 1.807) is 31.2 Å². The smallest absolute Gasteiger partial charge is 0.260 e. The number of hydrogen-bond donors (Lipinski definition) is 0. The number of fused-ring (bicyclic) bond motifs is 1. The standard InChI is InChI=1S/C27H36N4O5S2.ClH/c1-5-30(6-2)16-17-31(27-28-25-23(35-4)10-7-11-24(25)37-27)26(32)20-12-14-22(15-13-20)38(33,34)29(3)19-21-9-8-18-36-21;/h7,10-15,21H,5-6,8-9,16-19H2,1-4H3;1H. The molecule has 0 N–H and O–H groups in total. The van der Waals surface area contributed by atoms with Gasteiger partial charge in [-0.25, -0.2) is 13.4 Å². The topological polar surface area (TPSA) is 92.3 Å². The third-order valence-corrected chi connectivity index (χ3v) is 9.78. The molecule has 1 fully saturated rings. The van der Waals surface area contributed by atoms with E-state index in [-0.39, 0.29) is 29.3 Å². The Morgan fingerprint density at radius 1 is 1.13 bits per heavy atom. The van der Waals surface area contributed by atoms with Gasteiger partial charge in [0.25, 0.3) is 5.91 Å². The van der Waals surface area contributed by atoms with Gasteiger partial charge in [0.05, 0.1) is 22.8 Å². The summed E-state index contributed by atoms with van der Waals surface area (Å²) in [7, 11) is -0.533. The Labute approximate surface area is 241 Å². The molecule has 214 valence electrons. The first kappa shape index (κ1) is 31.3. The number of carbonyl (C=O) groups is 1. The van der Waals surface area contributed by atoms with E-state index in [9.17, 15) is 13.2 Å². The van der Waals surface area contributed by atoms with Crippen LogP contribution in [0.25, 0.3) is 10.2 Å². The predicted molar refractivity (Wildman–Crippen MR) is 158 cm³/mol. The van der Waals surface area contributed by atoms with Crippen molar-refractivity contribution in [2.45, 2.75) is 37.7 Å². The maximum Gasteiger partial charge on any atom is 0.260 e. The Morgan fingerprint density at radius 2 is 1.85 bits per heavy atom. The highest BCUT2D eigenvalue weighted by Gasteiger charge is 2.27. The van der Waals surface area contributed by atoms with Crippen LogP contribution in [0.4, 0.5) is 5.13 Å². The Hall–Kier alpha value is -2.28. The molecular weight excluding hydrogens is 560 g/mol. The van der Waals surface area contributed by atoms with Crippen molar-refractivity contribution in [3.63, 3.8) is 0 Å². The average Bonchev–Trinajstić information content (AvgIpc) is 3.60. The molecule has 3 aromatic rings. The lowest BCUT2D eigenvalue weighted by Gasteiger charge is -2.25. The zero-order valence-electron chi connectivity index (χ0n) is 22.8. The quantitative estimate of drug-likeness (QED) is 0.304. The first-order valence-electron chi connectivity index (χ1n) is 12.9. The summed E-state index contributed by atoms with van der Waals surface area (Å²) in [6.45, 7) is 8.04. The molecule has 1 aliphatic heterocycles. The van der Waals surface area contributed by atoms with E-state index in [1.165, 1.54) is 27.8 Å². The second-order valence-corrected chi connectivity index (χ2v) is 12.3. The van der Waals surface area contributed by atoms with E-state index in [1.807, 2.05) is 18.2 Å². The molecule has 39 heavy (non-hydrogen) atoms. The second-order valence-electron chi connectivity index (χ2n) is 9.23. The van der Waals surface area contributed by atoms with Gasteiger partial charge in [-0.05, 0) is 62.3 Å². The number of rotatable bonds is 12. The summed E-state index contributed by atoms with van der Waals surface area (Å²) < 4.78 is 39.5. The van der Waals surface area contributed by atoms with Gasteiger partial charge in [0.1, 0.15) is 11.3 Å². The number of anilines is 1. The van der Waals surface area contributed by atoms with Crippen LogP contribution >= 0.6 is 23.7 Å². The molecule has 1 saturated heterocycles. The Bertz CT molecular complexity index is 1340. The molecule has 0 saturated carbocycles. The molecule has 0 spiro atoms. The van der Waals surface area contributed by atoms with Gasteiger partial charge in [-0.3, -0.25) is 9.69 Å². The number of nitrogens with zero attached hydrogens (tertiary/aromatic N) is 4. The molecular formula is C27H37ClN4O5S2. The maximum atomic E-state index is 13.8. The van der Waals surface area contributed by atoms with Crippen LogP contribution in [0.2, 0.25) is 0 Å². The van der Waals surface area contributed by atoms with Crippen molar-refractivity contribution in [3.8, 4) is 5.75 Å². The van der Waals surface area contributed by atoms with E-state index in [0.29, 0.717) is 48.2 Å². The first-order chi connectivity index (χ1) is 18.3. The monoisotopic (exact) mass is 596 g/mol. The number of benzene rings is 2. The van der Waals surface area contributed by atoms with Gasteiger partial charge in [-0.15, -0.1) is 12.4 Å². The number of likely N-dealkylation sites (N-methyl/N-ethyl adjacent to an activating group) is 2. The van der Waals surface area contributed by atoms with Gasteiger partial charge in [0.2, 0.25) is 10.0 Å². The van der Waals surface area contributed by atoms with Crippen molar-refractivity contribution in [1.29, 1.82) is 0 Å². The van der Waals surface area contributed by atoms with Crippen LogP contribution in [0.5, 0.6) is 5.75 Å². The van der Waals surface area contributed by atoms with Crippen LogP contribution < -0.4 is 9.64 Å². The summed E-state index contributed by atoms with van der Waals surface area (Å²) in [5.74, 6) is 0.426. The SMILES string of the molecule is CCN(CC)CCN(C(=O)c1ccc(S(=O)(=O)N(C)CC2CCCO2)cc1)c1nc2c(OC)cccc2s1.Cl. The lowest BCUT2D eigenvalue weighted by atomic mass is 10.2. The highest BCUT2D eigenvalue weighted by Crippen LogP contribution is 2.34. The minimum atomic E-state index is -3.70. The third kappa shape index (κ3) is 7.08. The van der Waals surface area contributed by atoms with E-state index in [0.717, 1.165) is 30.6 Å². The van der Waals surface area contributed by atoms with Gasteiger partial charge in [-0.1, -0.05) is 31.3 Å². The van der Waals surface area contributed by atoms with Gasteiger partial charge >= 0.3 is 0 Å². The molecule has 1 atom stereocenters. The van der Waals surface area contributed by atoms with Gasteiger partial charge in [0, 0.05) is 38.9 Å². The summed E-state index contributed by atoms with van der Waals surface area (Å²) in [6, 6.07) is 11.9. The number of hydrogen-bond acceptors (Lipinski definition) is 8. The van der Waals surface area contributed by atoms with Crippen LogP contribution in [0.1, 0.15) is 37.0 Å².